The Bertz CT molecular complexity index is 615. The van der Waals surface area contributed by atoms with E-state index in [9.17, 15) is 13.5 Å². The van der Waals surface area contributed by atoms with Crippen molar-refractivity contribution >= 4 is 15.9 Å². The van der Waals surface area contributed by atoms with Crippen molar-refractivity contribution in [1.82, 2.24) is 5.32 Å². The van der Waals surface area contributed by atoms with Gasteiger partial charge >= 0.3 is 0 Å². The van der Waals surface area contributed by atoms with Gasteiger partial charge in [-0.15, -0.1) is 0 Å². The first-order valence-electron chi connectivity index (χ1n) is 6.10. The maximum Gasteiger partial charge on any atom is 0.208 e. The minimum absolute atomic E-state index is 0.0513. The highest BCUT2D eigenvalue weighted by atomic mass is 32.2. The number of rotatable bonds is 3. The first-order valence-corrected chi connectivity index (χ1v) is 7.58. The summed E-state index contributed by atoms with van der Waals surface area (Å²) in [7, 11) is -3.51. The molecule has 0 bridgehead atoms. The van der Waals surface area contributed by atoms with Gasteiger partial charge in [0, 0.05) is 12.6 Å². The molecule has 1 aromatic rings. The molecule has 1 saturated carbocycles. The maximum atomic E-state index is 12.3. The lowest BCUT2D eigenvalue weighted by molar-refractivity contribution is 0.351. The van der Waals surface area contributed by atoms with Crippen LogP contribution in [0.1, 0.15) is 24.8 Å². The van der Waals surface area contributed by atoms with Crippen molar-refractivity contribution in [1.29, 1.82) is 0 Å². The summed E-state index contributed by atoms with van der Waals surface area (Å²) in [6.45, 7) is 0.348. The van der Waals surface area contributed by atoms with Crippen molar-refractivity contribution in [3.8, 4) is 5.75 Å². The molecule has 2 N–H and O–H groups in total. The second-order valence-corrected chi connectivity index (χ2v) is 6.76. The Labute approximate surface area is 106 Å². The molecule has 1 aliphatic heterocycles. The van der Waals surface area contributed by atoms with E-state index in [4.69, 9.17) is 0 Å². The van der Waals surface area contributed by atoms with Gasteiger partial charge in [-0.1, -0.05) is 18.6 Å². The van der Waals surface area contributed by atoms with Crippen LogP contribution in [0.25, 0.3) is 6.08 Å². The molecular formula is C13H15NO3S. The lowest BCUT2D eigenvalue weighted by Gasteiger charge is -2.26. The molecule has 1 heterocycles. The predicted molar refractivity (Wildman–Crippen MR) is 68.9 cm³/mol. The lowest BCUT2D eigenvalue weighted by atomic mass is 9.93. The average molecular weight is 265 g/mol. The van der Waals surface area contributed by atoms with E-state index < -0.39 is 9.84 Å². The van der Waals surface area contributed by atoms with Gasteiger partial charge in [0.2, 0.25) is 9.84 Å². The first-order chi connectivity index (χ1) is 8.59. The zero-order valence-corrected chi connectivity index (χ0v) is 10.7. The summed E-state index contributed by atoms with van der Waals surface area (Å²) < 4.78 is 24.5. The number of hydrogen-bond acceptors (Lipinski definition) is 4. The summed E-state index contributed by atoms with van der Waals surface area (Å²) >= 11 is 0. The van der Waals surface area contributed by atoms with Crippen molar-refractivity contribution < 1.29 is 13.5 Å². The number of fused-ring (bicyclic) bond motifs is 1. The second kappa shape index (κ2) is 4.10. The molecule has 96 valence electrons. The van der Waals surface area contributed by atoms with Gasteiger partial charge in [-0.05, 0) is 30.5 Å². The maximum absolute atomic E-state index is 12.3. The first kappa shape index (κ1) is 11.7. The van der Waals surface area contributed by atoms with Crippen molar-refractivity contribution in [3.05, 3.63) is 28.7 Å². The molecule has 0 radical (unpaired) electrons. The monoisotopic (exact) mass is 265 g/mol. The van der Waals surface area contributed by atoms with Crippen molar-refractivity contribution in [2.24, 2.45) is 0 Å². The number of nitrogens with one attached hydrogen (secondary N) is 1. The third-order valence-corrected chi connectivity index (χ3v) is 5.56. The Hall–Kier alpha value is -1.33. The van der Waals surface area contributed by atoms with Crippen LogP contribution >= 0.6 is 0 Å². The van der Waals surface area contributed by atoms with Gasteiger partial charge in [0.05, 0.1) is 4.91 Å². The molecule has 3 rings (SSSR count). The molecule has 0 unspecified atom stereocenters. The lowest BCUT2D eigenvalue weighted by Crippen LogP contribution is -2.36. The van der Waals surface area contributed by atoms with Crippen LogP contribution in [0.4, 0.5) is 0 Å². The number of hydrogen-bond donors (Lipinski definition) is 2. The number of aromatic hydroxyl groups is 1. The summed E-state index contributed by atoms with van der Waals surface area (Å²) in [6.07, 6.45) is 5.09. The third kappa shape index (κ3) is 1.74. The molecule has 1 aromatic carbocycles. The minimum atomic E-state index is -3.51. The van der Waals surface area contributed by atoms with Gasteiger partial charge in [0.25, 0.3) is 0 Å². The Kier molecular flexibility index (Phi) is 2.68. The van der Waals surface area contributed by atoms with Crippen LogP contribution in [0.3, 0.4) is 0 Å². The number of phenolic OH excluding ortho intramolecular Hbond substituents is 1. The van der Waals surface area contributed by atoms with Crippen LogP contribution in [0.5, 0.6) is 5.75 Å². The van der Waals surface area contributed by atoms with Gasteiger partial charge in [0.15, 0.2) is 0 Å². The topological polar surface area (TPSA) is 66.4 Å². The van der Waals surface area contributed by atoms with Crippen molar-refractivity contribution in [2.45, 2.75) is 30.2 Å². The third-order valence-electron chi connectivity index (χ3n) is 3.63. The quantitative estimate of drug-likeness (QED) is 0.872. The van der Waals surface area contributed by atoms with Crippen LogP contribution in [-0.4, -0.2) is 26.1 Å². The molecule has 1 fully saturated rings. The molecule has 0 saturated heterocycles. The van der Waals surface area contributed by atoms with Gasteiger partial charge in [0.1, 0.15) is 10.6 Å². The standard InChI is InChI=1S/C13H15NO3S/c15-12-6-1-3-9-7-11(18(16,17)13(9)12)8-14-10-4-2-5-10/h1,3,6-7,10,14-15H,2,4-5,8H2. The molecule has 4 nitrogen and oxygen atoms in total. The van der Waals surface area contributed by atoms with E-state index in [0.29, 0.717) is 23.1 Å². The Balaban J connectivity index is 1.88. The molecular weight excluding hydrogens is 250 g/mol. The smallest absolute Gasteiger partial charge is 0.208 e. The molecule has 2 aliphatic rings. The summed E-state index contributed by atoms with van der Waals surface area (Å²) in [5.41, 5.74) is 0.584. The van der Waals surface area contributed by atoms with Crippen LogP contribution in [0.15, 0.2) is 28.0 Å². The molecule has 0 amide bonds. The van der Waals surface area contributed by atoms with E-state index >= 15 is 0 Å². The molecule has 0 spiro atoms. The Morgan fingerprint density at radius 1 is 1.33 bits per heavy atom. The minimum Gasteiger partial charge on any atom is -0.507 e. The van der Waals surface area contributed by atoms with Gasteiger partial charge in [-0.2, -0.15) is 0 Å². The van der Waals surface area contributed by atoms with Crippen LogP contribution in [0.2, 0.25) is 0 Å². The summed E-state index contributed by atoms with van der Waals surface area (Å²) in [5, 5.41) is 12.9. The zero-order chi connectivity index (χ0) is 12.8. The van der Waals surface area contributed by atoms with Crippen molar-refractivity contribution in [2.75, 3.05) is 6.54 Å². The molecule has 5 heteroatoms. The Morgan fingerprint density at radius 2 is 2.11 bits per heavy atom. The highest BCUT2D eigenvalue weighted by molar-refractivity contribution is 7.96. The predicted octanol–water partition coefficient (Wildman–Crippen LogP) is 1.66. The summed E-state index contributed by atoms with van der Waals surface area (Å²) in [6, 6.07) is 5.22. The largest absolute Gasteiger partial charge is 0.507 e. The summed E-state index contributed by atoms with van der Waals surface area (Å²) in [5.74, 6) is -0.164. The van der Waals surface area contributed by atoms with Gasteiger partial charge in [-0.25, -0.2) is 8.42 Å². The van der Waals surface area contributed by atoms with E-state index in [1.165, 1.54) is 12.5 Å². The molecule has 18 heavy (non-hydrogen) atoms. The van der Waals surface area contributed by atoms with Gasteiger partial charge in [-0.3, -0.25) is 0 Å². The number of sulfone groups is 1. The van der Waals surface area contributed by atoms with Crippen LogP contribution in [-0.2, 0) is 9.84 Å². The zero-order valence-electron chi connectivity index (χ0n) is 9.89. The Morgan fingerprint density at radius 3 is 2.72 bits per heavy atom. The fraction of sp³-hybridized carbons (Fsp3) is 0.385. The average Bonchev–Trinajstić information content (AvgIpc) is 2.49. The van der Waals surface area contributed by atoms with Gasteiger partial charge < -0.3 is 10.4 Å². The molecule has 0 aromatic heterocycles. The normalized spacial score (nSPS) is 21.2. The van der Waals surface area contributed by atoms with E-state index in [2.05, 4.69) is 5.32 Å². The van der Waals surface area contributed by atoms with Crippen LogP contribution in [0, 0.1) is 0 Å². The highest BCUT2D eigenvalue weighted by Gasteiger charge is 2.32. The van der Waals surface area contributed by atoms with E-state index in [-0.39, 0.29) is 10.6 Å². The second-order valence-electron chi connectivity index (χ2n) is 4.82. The fourth-order valence-electron chi connectivity index (χ4n) is 2.33. The van der Waals surface area contributed by atoms with E-state index in [0.717, 1.165) is 12.8 Å². The fourth-order valence-corrected chi connectivity index (χ4v) is 3.93. The molecule has 1 aliphatic carbocycles. The molecule has 0 atom stereocenters. The highest BCUT2D eigenvalue weighted by Crippen LogP contribution is 2.38. The SMILES string of the molecule is O=S1(=O)C(CNC2CCC2)=Cc2cccc(O)c21. The summed E-state index contributed by atoms with van der Waals surface area (Å²) in [4.78, 5) is 0.404. The van der Waals surface area contributed by atoms with E-state index in [1.54, 1.807) is 18.2 Å². The number of phenols is 1. The number of benzene rings is 1. The van der Waals surface area contributed by atoms with Crippen molar-refractivity contribution in [3.63, 3.8) is 0 Å². The van der Waals surface area contributed by atoms with E-state index in [1.807, 2.05) is 0 Å². The van der Waals surface area contributed by atoms with Crippen LogP contribution < -0.4 is 5.32 Å².